The second kappa shape index (κ2) is 5.11. The van der Waals surface area contributed by atoms with Gasteiger partial charge in [0.2, 0.25) is 5.96 Å². The van der Waals surface area contributed by atoms with Crippen LogP contribution in [0.5, 0.6) is 0 Å². The van der Waals surface area contributed by atoms with E-state index in [9.17, 15) is 4.79 Å². The average Bonchev–Trinajstić information content (AvgIpc) is 2.29. The number of aromatic nitrogens is 2. The van der Waals surface area contributed by atoms with Crippen LogP contribution >= 0.6 is 15.9 Å². The standard InChI is InChI=1S/C6H8BrN7O2/c7-3-4(8)11-1-2(12-3)5(15)16-14-6(9)13-10/h1H,10H2,(H2,8,11)(H3,9,13,14). The van der Waals surface area contributed by atoms with E-state index in [0.717, 1.165) is 6.20 Å². The third kappa shape index (κ3) is 2.95. The molecule has 1 heterocycles. The van der Waals surface area contributed by atoms with Gasteiger partial charge in [0.1, 0.15) is 4.60 Å². The molecule has 0 saturated carbocycles. The Kier molecular flexibility index (Phi) is 3.83. The van der Waals surface area contributed by atoms with E-state index in [0.29, 0.717) is 0 Å². The predicted octanol–water partition coefficient (Wildman–Crippen LogP) is -1.33. The van der Waals surface area contributed by atoms with Gasteiger partial charge in [0.05, 0.1) is 6.20 Å². The van der Waals surface area contributed by atoms with Gasteiger partial charge < -0.3 is 22.1 Å². The maximum atomic E-state index is 11.3. The fraction of sp³-hybridized carbons (Fsp3) is 0. The number of hydroxylamine groups is 1. The molecule has 16 heavy (non-hydrogen) atoms. The summed E-state index contributed by atoms with van der Waals surface area (Å²) in [6.07, 6.45) is 1.15. The van der Waals surface area contributed by atoms with E-state index in [-0.39, 0.29) is 22.1 Å². The Labute approximate surface area is 98.1 Å². The van der Waals surface area contributed by atoms with Crippen molar-refractivity contribution in [3.8, 4) is 0 Å². The first kappa shape index (κ1) is 12.0. The van der Waals surface area contributed by atoms with Gasteiger partial charge in [-0.2, -0.15) is 5.48 Å². The molecule has 0 fully saturated rings. The number of hydrogen-bond donors (Lipinski definition) is 4. The quantitative estimate of drug-likeness (QED) is 0.214. The van der Waals surface area contributed by atoms with E-state index in [1.807, 2.05) is 5.48 Å². The lowest BCUT2D eigenvalue weighted by Gasteiger charge is -2.04. The lowest BCUT2D eigenvalue weighted by atomic mass is 10.4. The van der Waals surface area contributed by atoms with Gasteiger partial charge in [-0.1, -0.05) is 0 Å². The third-order valence-electron chi connectivity index (χ3n) is 1.35. The first-order valence-electron chi connectivity index (χ1n) is 3.83. The van der Waals surface area contributed by atoms with Crippen molar-refractivity contribution in [2.45, 2.75) is 0 Å². The number of carbonyl (C=O) groups is 1. The van der Waals surface area contributed by atoms with E-state index < -0.39 is 5.97 Å². The molecule has 1 rings (SSSR count). The molecule has 1 aromatic heterocycles. The van der Waals surface area contributed by atoms with Gasteiger partial charge in [-0.25, -0.2) is 14.8 Å². The zero-order valence-electron chi connectivity index (χ0n) is 7.85. The molecule has 0 aliphatic carbocycles. The molecule has 1 aromatic rings. The molecule has 0 saturated heterocycles. The largest absolute Gasteiger partial charge is 0.382 e. The SMILES string of the molecule is N/N=C(\N)NOC(=O)c1cnc(N)c(Br)n1. The van der Waals surface area contributed by atoms with Crippen molar-refractivity contribution in [3.05, 3.63) is 16.5 Å². The number of rotatable bonds is 1. The maximum absolute atomic E-state index is 11.3. The number of guanidine groups is 1. The Hall–Kier alpha value is -2.10. The highest BCUT2D eigenvalue weighted by Gasteiger charge is 2.12. The monoisotopic (exact) mass is 289 g/mol. The number of anilines is 1. The molecule has 0 aromatic carbocycles. The lowest BCUT2D eigenvalue weighted by molar-refractivity contribution is 0.0376. The first-order valence-corrected chi connectivity index (χ1v) is 4.62. The van der Waals surface area contributed by atoms with Crippen molar-refractivity contribution in [3.63, 3.8) is 0 Å². The summed E-state index contributed by atoms with van der Waals surface area (Å²) in [6, 6.07) is 0. The van der Waals surface area contributed by atoms with Crippen molar-refractivity contribution in [2.24, 2.45) is 16.7 Å². The maximum Gasteiger partial charge on any atom is 0.382 e. The van der Waals surface area contributed by atoms with Crippen molar-refractivity contribution in [1.29, 1.82) is 0 Å². The summed E-state index contributed by atoms with van der Waals surface area (Å²) in [5, 5.41) is 3.03. The van der Waals surface area contributed by atoms with E-state index in [4.69, 9.17) is 17.3 Å². The van der Waals surface area contributed by atoms with Crippen molar-refractivity contribution < 1.29 is 9.63 Å². The van der Waals surface area contributed by atoms with E-state index in [1.165, 1.54) is 0 Å². The number of carbonyl (C=O) groups excluding carboxylic acids is 1. The van der Waals surface area contributed by atoms with Crippen LogP contribution < -0.4 is 22.8 Å². The molecule has 0 aliphatic rings. The summed E-state index contributed by atoms with van der Waals surface area (Å²) in [4.78, 5) is 23.3. The summed E-state index contributed by atoms with van der Waals surface area (Å²) in [7, 11) is 0. The highest BCUT2D eigenvalue weighted by Crippen LogP contribution is 2.13. The predicted molar refractivity (Wildman–Crippen MR) is 58.5 cm³/mol. The molecule has 86 valence electrons. The van der Waals surface area contributed by atoms with E-state index in [1.54, 1.807) is 0 Å². The molecule has 0 amide bonds. The Bertz CT molecular complexity index is 435. The Morgan fingerprint density at radius 3 is 2.88 bits per heavy atom. The summed E-state index contributed by atoms with van der Waals surface area (Å²) < 4.78 is 0.238. The molecule has 0 unspecified atom stereocenters. The molecule has 7 N–H and O–H groups in total. The van der Waals surface area contributed by atoms with Crippen molar-refractivity contribution in [2.75, 3.05) is 5.73 Å². The van der Waals surface area contributed by atoms with Crippen molar-refractivity contribution >= 4 is 33.7 Å². The number of nitrogens with zero attached hydrogens (tertiary/aromatic N) is 3. The van der Waals surface area contributed by atoms with Crippen LogP contribution in [-0.4, -0.2) is 21.9 Å². The van der Waals surface area contributed by atoms with Gasteiger partial charge in [-0.05, 0) is 15.9 Å². The van der Waals surface area contributed by atoms with E-state index in [2.05, 4.69) is 35.8 Å². The Morgan fingerprint density at radius 1 is 1.62 bits per heavy atom. The fourth-order valence-electron chi connectivity index (χ4n) is 0.651. The van der Waals surface area contributed by atoms with Crippen LogP contribution in [0.2, 0.25) is 0 Å². The number of hydrogen-bond acceptors (Lipinski definition) is 7. The molecule has 0 atom stereocenters. The van der Waals surface area contributed by atoms with Crippen molar-refractivity contribution in [1.82, 2.24) is 15.4 Å². The summed E-state index contributed by atoms with van der Waals surface area (Å²) in [5.41, 5.74) is 12.5. The smallest absolute Gasteiger partial charge is 0.381 e. The lowest BCUT2D eigenvalue weighted by Crippen LogP contribution is -2.34. The van der Waals surface area contributed by atoms with Gasteiger partial charge in [-0.15, -0.1) is 5.10 Å². The minimum atomic E-state index is -0.806. The average molecular weight is 290 g/mol. The number of halogens is 1. The molecular formula is C6H8BrN7O2. The highest BCUT2D eigenvalue weighted by molar-refractivity contribution is 9.10. The number of nitrogens with two attached hydrogens (primary N) is 3. The molecule has 0 radical (unpaired) electrons. The number of hydrazone groups is 1. The van der Waals surface area contributed by atoms with Crippen LogP contribution in [0.1, 0.15) is 10.5 Å². The molecule has 0 aliphatic heterocycles. The molecular weight excluding hydrogens is 282 g/mol. The van der Waals surface area contributed by atoms with Crippen LogP contribution in [0, 0.1) is 0 Å². The van der Waals surface area contributed by atoms with Crippen LogP contribution in [0.3, 0.4) is 0 Å². The fourth-order valence-corrected chi connectivity index (χ4v) is 0.945. The zero-order chi connectivity index (χ0) is 12.1. The highest BCUT2D eigenvalue weighted by atomic mass is 79.9. The summed E-state index contributed by atoms with van der Waals surface area (Å²) in [6.45, 7) is 0. The van der Waals surface area contributed by atoms with Crippen LogP contribution in [0.4, 0.5) is 5.82 Å². The van der Waals surface area contributed by atoms with Gasteiger partial charge >= 0.3 is 5.97 Å². The molecule has 10 heteroatoms. The minimum absolute atomic E-state index is 0.0570. The topological polar surface area (TPSA) is 155 Å². The zero-order valence-corrected chi connectivity index (χ0v) is 9.43. The second-order valence-electron chi connectivity index (χ2n) is 2.44. The van der Waals surface area contributed by atoms with E-state index >= 15 is 0 Å². The van der Waals surface area contributed by atoms with Crippen LogP contribution in [-0.2, 0) is 4.84 Å². The Balaban J connectivity index is 2.70. The van der Waals surface area contributed by atoms with Gasteiger partial charge in [-0.3, -0.25) is 0 Å². The summed E-state index contributed by atoms with van der Waals surface area (Å²) in [5.74, 6) is 3.90. The third-order valence-corrected chi connectivity index (χ3v) is 1.94. The van der Waals surface area contributed by atoms with Gasteiger partial charge in [0.25, 0.3) is 0 Å². The second-order valence-corrected chi connectivity index (χ2v) is 3.19. The molecule has 9 nitrogen and oxygen atoms in total. The minimum Gasteiger partial charge on any atom is -0.381 e. The normalized spacial score (nSPS) is 10.9. The van der Waals surface area contributed by atoms with Gasteiger partial charge in [0.15, 0.2) is 11.5 Å². The van der Waals surface area contributed by atoms with Gasteiger partial charge in [0, 0.05) is 0 Å². The first-order chi connectivity index (χ1) is 7.54. The Morgan fingerprint density at radius 2 is 2.31 bits per heavy atom. The molecule has 0 bridgehead atoms. The number of nitrogen functional groups attached to an aromatic ring is 1. The van der Waals surface area contributed by atoms with Crippen LogP contribution in [0.15, 0.2) is 15.9 Å². The molecule has 0 spiro atoms. The number of nitrogens with one attached hydrogen (secondary N) is 1. The summed E-state index contributed by atoms with van der Waals surface area (Å²) >= 11 is 3.01. The van der Waals surface area contributed by atoms with Crippen LogP contribution in [0.25, 0.3) is 0 Å².